The van der Waals surface area contributed by atoms with Gasteiger partial charge >= 0.3 is 0 Å². The third kappa shape index (κ3) is 9.41. The van der Waals surface area contributed by atoms with Crippen LogP contribution in [0.2, 0.25) is 0 Å². The Morgan fingerprint density at radius 3 is 2.53 bits per heavy atom. The molecule has 7 N–H and O–H groups in total. The lowest BCUT2D eigenvalue weighted by Crippen LogP contribution is -2.41. The van der Waals surface area contributed by atoms with Gasteiger partial charge in [-0.1, -0.05) is 25.3 Å². The van der Waals surface area contributed by atoms with Crippen molar-refractivity contribution >= 4 is 60.2 Å². The van der Waals surface area contributed by atoms with Crippen LogP contribution < -0.4 is 26.2 Å². The van der Waals surface area contributed by atoms with Gasteiger partial charge in [-0.25, -0.2) is 31.3 Å². The van der Waals surface area contributed by atoms with E-state index in [4.69, 9.17) is 11.5 Å². The normalized spacial score (nSPS) is 15.2. The van der Waals surface area contributed by atoms with Gasteiger partial charge in [0.1, 0.15) is 0 Å². The van der Waals surface area contributed by atoms with Crippen molar-refractivity contribution in [2.24, 2.45) is 27.4 Å². The number of nitrogens with two attached hydrogens (primary N) is 2. The zero-order chi connectivity index (χ0) is 27.6. The Balaban J connectivity index is 1.51. The van der Waals surface area contributed by atoms with Gasteiger partial charge in [0.15, 0.2) is 5.96 Å². The van der Waals surface area contributed by atoms with Gasteiger partial charge in [0.25, 0.3) is 10.0 Å². The van der Waals surface area contributed by atoms with E-state index < -0.39 is 20.0 Å². The fourth-order valence-corrected chi connectivity index (χ4v) is 7.67. The highest BCUT2D eigenvalue weighted by Crippen LogP contribution is 2.24. The molecule has 0 atom stereocenters. The maximum atomic E-state index is 13.0. The highest BCUT2D eigenvalue weighted by atomic mass is 32.2. The van der Waals surface area contributed by atoms with E-state index in [1.807, 2.05) is 5.38 Å². The molecule has 1 fully saturated rings. The summed E-state index contributed by atoms with van der Waals surface area (Å²) in [5.41, 5.74) is 11.5. The number of hydrogen-bond acceptors (Lipinski definition) is 9. The molecule has 1 aromatic carbocycles. The third-order valence-corrected chi connectivity index (χ3v) is 10.3. The Morgan fingerprint density at radius 1 is 1.13 bits per heavy atom. The fourth-order valence-electron chi connectivity index (χ4n) is 3.80. The van der Waals surface area contributed by atoms with Gasteiger partial charge in [-0.15, -0.1) is 11.3 Å². The molecule has 3 rings (SSSR count). The molecule has 0 bridgehead atoms. The monoisotopic (exact) mass is 602 g/mol. The summed E-state index contributed by atoms with van der Waals surface area (Å²) in [6.07, 6.45) is 5.38. The van der Waals surface area contributed by atoms with E-state index in [1.54, 1.807) is 11.8 Å². The Labute approximate surface area is 232 Å². The molecule has 1 heterocycles. The first-order chi connectivity index (χ1) is 18.1. The number of thioether (sulfide) groups is 1. The van der Waals surface area contributed by atoms with Crippen molar-refractivity contribution in [3.8, 4) is 0 Å². The zero-order valence-electron chi connectivity index (χ0n) is 21.1. The van der Waals surface area contributed by atoms with Crippen molar-refractivity contribution in [1.29, 1.82) is 0 Å². The van der Waals surface area contributed by atoms with Gasteiger partial charge in [0.05, 0.1) is 15.5 Å². The highest BCUT2D eigenvalue weighted by molar-refractivity contribution is 7.98. The number of nitrogens with zero attached hydrogens (tertiary/aromatic N) is 3. The summed E-state index contributed by atoms with van der Waals surface area (Å²) < 4.78 is 56.5. The van der Waals surface area contributed by atoms with Crippen LogP contribution in [0, 0.1) is 5.92 Å². The van der Waals surface area contributed by atoms with Crippen molar-refractivity contribution in [3.05, 3.63) is 35.3 Å². The van der Waals surface area contributed by atoms with E-state index in [-0.39, 0.29) is 21.7 Å². The second kappa shape index (κ2) is 14.1. The van der Waals surface area contributed by atoms with E-state index in [1.165, 1.54) is 43.0 Å². The second-order valence-corrected chi connectivity index (χ2v) is 14.0. The largest absolute Gasteiger partial charge is 0.370 e. The lowest BCUT2D eigenvalue weighted by Gasteiger charge is -2.21. The van der Waals surface area contributed by atoms with Gasteiger partial charge < -0.3 is 16.8 Å². The molecular weight excluding hydrogens is 569 g/mol. The molecule has 1 aliphatic carbocycles. The quantitative estimate of drug-likeness (QED) is 0.136. The molecule has 1 aromatic heterocycles. The van der Waals surface area contributed by atoms with Crippen LogP contribution in [-0.4, -0.2) is 59.6 Å². The number of hydrogen-bond donors (Lipinski definition) is 5. The van der Waals surface area contributed by atoms with Gasteiger partial charge in [-0.3, -0.25) is 4.99 Å². The number of guanidine groups is 2. The smallest absolute Gasteiger partial charge is 0.264 e. The molecule has 0 spiro atoms. The number of sulfonamides is 2. The van der Waals surface area contributed by atoms with Crippen LogP contribution in [0.25, 0.3) is 0 Å². The molecule has 2 aromatic rings. The fraction of sp³-hybridized carbons (Fsp3) is 0.500. The Hall–Kier alpha value is -2.40. The van der Waals surface area contributed by atoms with Crippen LogP contribution >= 0.6 is 23.1 Å². The minimum atomic E-state index is -4.07. The van der Waals surface area contributed by atoms with Gasteiger partial charge in [-0.2, -0.15) is 16.8 Å². The van der Waals surface area contributed by atoms with Gasteiger partial charge in [-0.05, 0) is 37.0 Å². The molecule has 0 aliphatic heterocycles. The highest BCUT2D eigenvalue weighted by Gasteiger charge is 2.22. The van der Waals surface area contributed by atoms with Crippen LogP contribution in [0.3, 0.4) is 0 Å². The van der Waals surface area contributed by atoms with Crippen molar-refractivity contribution in [1.82, 2.24) is 19.7 Å². The SMILES string of the molecule is CN=C(NCCSCc1csc(N=C(N)N)n1)NS(=O)(=O)c1cccc(S(=O)(=O)NCC2CCCCC2)c1. The summed E-state index contributed by atoms with van der Waals surface area (Å²) >= 11 is 2.93. The van der Waals surface area contributed by atoms with E-state index >= 15 is 0 Å². The standard InChI is InChI=1S/C22H34N8O4S4/c1-25-21(26-10-11-35-14-17-15-36-22(28-17)29-20(23)24)30-38(33,34)19-9-5-8-18(12-19)37(31,32)27-13-16-6-3-2-4-7-16/h5,8-9,12,15-16,27H,2-4,6-7,10-11,13-14H2,1H3,(H2,25,26,30)(H4,23,24,28,29). The minimum Gasteiger partial charge on any atom is -0.370 e. The average molecular weight is 603 g/mol. The molecule has 1 aliphatic rings. The van der Waals surface area contributed by atoms with Crippen molar-refractivity contribution in [3.63, 3.8) is 0 Å². The molecule has 0 unspecified atom stereocenters. The van der Waals surface area contributed by atoms with Gasteiger partial charge in [0.2, 0.25) is 21.1 Å². The summed E-state index contributed by atoms with van der Waals surface area (Å²) in [5.74, 6) is 1.60. The van der Waals surface area contributed by atoms with Crippen molar-refractivity contribution < 1.29 is 16.8 Å². The Morgan fingerprint density at radius 2 is 1.84 bits per heavy atom. The van der Waals surface area contributed by atoms with Crippen molar-refractivity contribution in [2.75, 3.05) is 25.9 Å². The average Bonchev–Trinajstić information content (AvgIpc) is 3.33. The maximum absolute atomic E-state index is 13.0. The van der Waals surface area contributed by atoms with E-state index in [9.17, 15) is 16.8 Å². The summed E-state index contributed by atoms with van der Waals surface area (Å²) in [6.45, 7) is 0.788. The number of aliphatic imine (C=N–C) groups is 2. The number of thiazole rings is 1. The number of nitrogens with one attached hydrogen (secondary N) is 3. The van der Waals surface area contributed by atoms with Crippen LogP contribution in [0.5, 0.6) is 0 Å². The molecule has 1 saturated carbocycles. The molecule has 12 nitrogen and oxygen atoms in total. The summed E-state index contributed by atoms with van der Waals surface area (Å²) in [5, 5.41) is 5.31. The summed E-state index contributed by atoms with van der Waals surface area (Å²) in [7, 11) is -6.45. The summed E-state index contributed by atoms with van der Waals surface area (Å²) in [6, 6.07) is 5.29. The van der Waals surface area contributed by atoms with Gasteiger partial charge in [0, 0.05) is 37.0 Å². The summed E-state index contributed by atoms with van der Waals surface area (Å²) in [4.78, 5) is 11.9. The molecule has 0 saturated heterocycles. The molecular formula is C22H34N8O4S4. The topological polar surface area (TPSA) is 194 Å². The first kappa shape index (κ1) is 30.1. The van der Waals surface area contributed by atoms with Crippen LogP contribution in [-0.2, 0) is 25.8 Å². The van der Waals surface area contributed by atoms with Crippen LogP contribution in [0.15, 0.2) is 49.4 Å². The number of benzene rings is 1. The molecule has 0 radical (unpaired) electrons. The van der Waals surface area contributed by atoms with Crippen LogP contribution in [0.4, 0.5) is 5.13 Å². The van der Waals surface area contributed by atoms with Crippen LogP contribution in [0.1, 0.15) is 37.8 Å². The first-order valence-electron chi connectivity index (χ1n) is 12.0. The zero-order valence-corrected chi connectivity index (χ0v) is 24.4. The molecule has 210 valence electrons. The third-order valence-electron chi connectivity index (χ3n) is 5.72. The maximum Gasteiger partial charge on any atom is 0.264 e. The lowest BCUT2D eigenvalue weighted by atomic mass is 9.90. The Kier molecular flexibility index (Phi) is 11.2. The number of rotatable bonds is 12. The molecule has 38 heavy (non-hydrogen) atoms. The minimum absolute atomic E-state index is 0.0451. The van der Waals surface area contributed by atoms with E-state index in [0.29, 0.717) is 35.6 Å². The Bertz CT molecular complexity index is 1330. The number of aromatic nitrogens is 1. The van der Waals surface area contributed by atoms with Crippen molar-refractivity contribution in [2.45, 2.75) is 47.6 Å². The first-order valence-corrected chi connectivity index (χ1v) is 17.0. The van der Waals surface area contributed by atoms with E-state index in [0.717, 1.165) is 37.4 Å². The lowest BCUT2D eigenvalue weighted by molar-refractivity contribution is 0.357. The second-order valence-electron chi connectivity index (χ2n) is 8.65. The molecule has 16 heteroatoms. The predicted octanol–water partition coefficient (Wildman–Crippen LogP) is 1.69. The molecule has 0 amide bonds. The van der Waals surface area contributed by atoms with E-state index in [2.05, 4.69) is 29.7 Å². The predicted molar refractivity (Wildman–Crippen MR) is 154 cm³/mol.